The van der Waals surface area contributed by atoms with Gasteiger partial charge in [0.25, 0.3) is 5.22 Å². The topological polar surface area (TPSA) is 66.6 Å². The molecule has 7 heteroatoms. The fraction of sp³-hybridized carbons (Fsp3) is 0.429. The van der Waals surface area contributed by atoms with Gasteiger partial charge in [0.05, 0.1) is 16.6 Å². The van der Waals surface area contributed by atoms with Crippen molar-refractivity contribution in [3.8, 4) is 0 Å². The first-order chi connectivity index (χ1) is 10.2. The Hall–Kier alpha value is -0.750. The number of hydrogen-bond donors (Lipinski definition) is 1. The first-order valence-corrected chi connectivity index (χ1v) is 8.61. The van der Waals surface area contributed by atoms with Gasteiger partial charge in [-0.1, -0.05) is 41.0 Å². The molecule has 2 rings (SSSR count). The van der Waals surface area contributed by atoms with Crippen LogP contribution >= 0.6 is 35.0 Å². The fourth-order valence-corrected chi connectivity index (χ4v) is 2.85. The molecule has 1 heterocycles. The van der Waals surface area contributed by atoms with E-state index in [1.807, 2.05) is 12.1 Å². The van der Waals surface area contributed by atoms with Crippen LogP contribution in [0.15, 0.2) is 27.8 Å². The predicted octanol–water partition coefficient (Wildman–Crippen LogP) is 3.62. The van der Waals surface area contributed by atoms with Crippen molar-refractivity contribution in [2.75, 3.05) is 6.54 Å². The number of aryl methyl sites for hydroxylation is 1. The molecule has 0 aliphatic heterocycles. The molecule has 2 aromatic rings. The van der Waals surface area contributed by atoms with E-state index in [0.717, 1.165) is 43.5 Å². The number of hydrogen-bond acceptors (Lipinski definition) is 4. The molecule has 0 radical (unpaired) electrons. The molecule has 0 aliphatic rings. The van der Waals surface area contributed by atoms with Gasteiger partial charge in [-0.05, 0) is 37.0 Å². The summed E-state index contributed by atoms with van der Waals surface area (Å²) >= 11 is 13.4. The van der Waals surface area contributed by atoms with Gasteiger partial charge in [-0.25, -0.2) is 0 Å². The highest BCUT2D eigenvalue weighted by Crippen LogP contribution is 2.27. The third-order valence-electron chi connectivity index (χ3n) is 2.94. The van der Waals surface area contributed by atoms with Crippen LogP contribution < -0.4 is 5.73 Å². The third-order valence-corrected chi connectivity index (χ3v) is 4.56. The van der Waals surface area contributed by atoms with Crippen molar-refractivity contribution in [2.24, 2.45) is 0 Å². The second-order valence-electron chi connectivity index (χ2n) is 4.66. The maximum atomic E-state index is 5.99. The summed E-state index contributed by atoms with van der Waals surface area (Å²) in [5.74, 6) is 1.43. The third kappa shape index (κ3) is 5.51. The standard InChI is InChI=1S/C14H17Cl2N3OS/c15-11-6-5-10(8-12(11)16)9-21-14-19-18-13(20-14)4-2-1-3-7-17/h5-6,8H,1-4,7,9,17H2/p+1. The summed E-state index contributed by atoms with van der Waals surface area (Å²) in [6, 6.07) is 5.59. The molecule has 0 atom stereocenters. The van der Waals surface area contributed by atoms with E-state index in [1.165, 1.54) is 11.8 Å². The van der Waals surface area contributed by atoms with E-state index < -0.39 is 0 Å². The molecular formula is C14H18Cl2N3OS+. The minimum absolute atomic E-state index is 0.561. The number of halogens is 2. The van der Waals surface area contributed by atoms with Gasteiger partial charge in [-0.15, -0.1) is 10.2 Å². The molecular weight excluding hydrogens is 329 g/mol. The monoisotopic (exact) mass is 346 g/mol. The average molecular weight is 347 g/mol. The quantitative estimate of drug-likeness (QED) is 0.585. The number of thioether (sulfide) groups is 1. The molecule has 0 unspecified atom stereocenters. The molecule has 0 fully saturated rings. The van der Waals surface area contributed by atoms with Crippen LogP contribution in [0.3, 0.4) is 0 Å². The molecule has 21 heavy (non-hydrogen) atoms. The van der Waals surface area contributed by atoms with Gasteiger partial charge in [-0.3, -0.25) is 0 Å². The summed E-state index contributed by atoms with van der Waals surface area (Å²) in [6.45, 7) is 0.981. The number of rotatable bonds is 8. The molecule has 1 aromatic heterocycles. The van der Waals surface area contributed by atoms with E-state index in [1.54, 1.807) is 6.07 Å². The Kier molecular flexibility index (Phi) is 6.83. The van der Waals surface area contributed by atoms with Crippen LogP contribution in [-0.2, 0) is 12.2 Å². The lowest BCUT2D eigenvalue weighted by molar-refractivity contribution is -0.368. The van der Waals surface area contributed by atoms with Gasteiger partial charge in [0.15, 0.2) is 0 Å². The summed E-state index contributed by atoms with van der Waals surface area (Å²) < 4.78 is 5.61. The summed E-state index contributed by atoms with van der Waals surface area (Å²) in [5, 5.41) is 9.82. The zero-order chi connectivity index (χ0) is 15.1. The summed E-state index contributed by atoms with van der Waals surface area (Å²) in [6.07, 6.45) is 4.19. The molecule has 1 aromatic carbocycles. The van der Waals surface area contributed by atoms with Crippen molar-refractivity contribution < 1.29 is 10.2 Å². The van der Waals surface area contributed by atoms with Crippen LogP contribution in [0.4, 0.5) is 0 Å². The normalized spacial score (nSPS) is 11.0. The number of aromatic nitrogens is 2. The van der Waals surface area contributed by atoms with Crippen molar-refractivity contribution in [3.05, 3.63) is 39.7 Å². The largest absolute Gasteiger partial charge is 0.416 e. The Labute approximate surface area is 138 Å². The van der Waals surface area contributed by atoms with Gasteiger partial charge < -0.3 is 10.2 Å². The first kappa shape index (κ1) is 16.6. The van der Waals surface area contributed by atoms with Crippen molar-refractivity contribution in [1.82, 2.24) is 10.2 Å². The molecule has 3 N–H and O–H groups in total. The van der Waals surface area contributed by atoms with Gasteiger partial charge in [-0.2, -0.15) is 0 Å². The van der Waals surface area contributed by atoms with Crippen molar-refractivity contribution >= 4 is 35.0 Å². The lowest BCUT2D eigenvalue weighted by Crippen LogP contribution is -2.50. The van der Waals surface area contributed by atoms with Crippen LogP contribution in [0.25, 0.3) is 0 Å². The van der Waals surface area contributed by atoms with E-state index in [-0.39, 0.29) is 0 Å². The fourth-order valence-electron chi connectivity index (χ4n) is 1.80. The van der Waals surface area contributed by atoms with Gasteiger partial charge in [0.2, 0.25) is 5.89 Å². The highest BCUT2D eigenvalue weighted by atomic mass is 35.5. The van der Waals surface area contributed by atoms with Crippen molar-refractivity contribution in [2.45, 2.75) is 36.7 Å². The van der Waals surface area contributed by atoms with Gasteiger partial charge in [0, 0.05) is 12.2 Å². The van der Waals surface area contributed by atoms with E-state index in [0.29, 0.717) is 21.2 Å². The smallest absolute Gasteiger partial charge is 0.276 e. The molecule has 0 aliphatic carbocycles. The Morgan fingerprint density at radius 3 is 2.71 bits per heavy atom. The highest BCUT2D eigenvalue weighted by Gasteiger charge is 2.07. The Balaban J connectivity index is 1.80. The van der Waals surface area contributed by atoms with E-state index in [9.17, 15) is 0 Å². The zero-order valence-electron chi connectivity index (χ0n) is 11.6. The number of benzene rings is 1. The minimum atomic E-state index is 0.561. The maximum Gasteiger partial charge on any atom is 0.276 e. The lowest BCUT2D eigenvalue weighted by atomic mass is 10.2. The Bertz CT molecular complexity index is 577. The SMILES string of the molecule is [NH3+]CCCCCc1nnc(SCc2ccc(Cl)c(Cl)c2)o1. The first-order valence-electron chi connectivity index (χ1n) is 6.87. The van der Waals surface area contributed by atoms with E-state index in [2.05, 4.69) is 15.9 Å². The lowest BCUT2D eigenvalue weighted by Gasteiger charge is -2.00. The molecule has 0 saturated heterocycles. The average Bonchev–Trinajstić information content (AvgIpc) is 2.93. The van der Waals surface area contributed by atoms with Crippen molar-refractivity contribution in [3.63, 3.8) is 0 Å². The molecule has 4 nitrogen and oxygen atoms in total. The molecule has 0 saturated carbocycles. The van der Waals surface area contributed by atoms with Crippen LogP contribution in [0, 0.1) is 0 Å². The zero-order valence-corrected chi connectivity index (χ0v) is 14.0. The minimum Gasteiger partial charge on any atom is -0.416 e. The highest BCUT2D eigenvalue weighted by molar-refractivity contribution is 7.98. The molecule has 0 spiro atoms. The number of quaternary nitrogens is 1. The summed E-state index contributed by atoms with van der Waals surface area (Å²) in [4.78, 5) is 0. The van der Waals surface area contributed by atoms with E-state index >= 15 is 0 Å². The molecule has 114 valence electrons. The van der Waals surface area contributed by atoms with Crippen molar-refractivity contribution in [1.29, 1.82) is 0 Å². The molecule has 0 bridgehead atoms. The number of nitrogens with zero attached hydrogens (tertiary/aromatic N) is 2. The van der Waals surface area contributed by atoms with Crippen LogP contribution in [-0.4, -0.2) is 16.7 Å². The Morgan fingerprint density at radius 2 is 1.95 bits per heavy atom. The maximum absolute atomic E-state index is 5.99. The summed E-state index contributed by atoms with van der Waals surface area (Å²) in [5.41, 5.74) is 4.90. The number of unbranched alkanes of at least 4 members (excludes halogenated alkanes) is 2. The van der Waals surface area contributed by atoms with Crippen LogP contribution in [0.5, 0.6) is 0 Å². The van der Waals surface area contributed by atoms with Crippen LogP contribution in [0.2, 0.25) is 10.0 Å². The van der Waals surface area contributed by atoms with Gasteiger partial charge >= 0.3 is 0 Å². The Morgan fingerprint density at radius 1 is 1.10 bits per heavy atom. The summed E-state index contributed by atoms with van der Waals surface area (Å²) in [7, 11) is 0. The molecule has 0 amide bonds. The van der Waals surface area contributed by atoms with Gasteiger partial charge in [0.1, 0.15) is 0 Å². The van der Waals surface area contributed by atoms with E-state index in [4.69, 9.17) is 27.6 Å². The second-order valence-corrected chi connectivity index (χ2v) is 6.40. The predicted molar refractivity (Wildman–Crippen MR) is 85.6 cm³/mol. The van der Waals surface area contributed by atoms with Crippen LogP contribution in [0.1, 0.15) is 30.7 Å². The second kappa shape index (κ2) is 8.63.